The molecule has 4 rings (SSSR count). The number of ether oxygens (including phenoxy) is 1. The minimum Gasteiger partial charge on any atom is -0.540 e. The predicted molar refractivity (Wildman–Crippen MR) is 162 cm³/mol. The van der Waals surface area contributed by atoms with Crippen LogP contribution in [0.15, 0.2) is 12.1 Å². The normalized spacial score (nSPS) is 22.5. The Balaban J connectivity index is 1.65. The molecule has 0 bridgehead atoms. The lowest BCUT2D eigenvalue weighted by Gasteiger charge is -2.42. The van der Waals surface area contributed by atoms with Gasteiger partial charge in [0.15, 0.2) is 14.1 Å². The number of hydrogen-bond donors (Lipinski definition) is 1. The van der Waals surface area contributed by atoms with Crippen molar-refractivity contribution in [2.75, 3.05) is 18.4 Å². The molecule has 2 unspecified atom stereocenters. The van der Waals surface area contributed by atoms with Gasteiger partial charge in [0.05, 0.1) is 29.5 Å². The largest absolute Gasteiger partial charge is 0.540 e. The topological polar surface area (TPSA) is 60.0 Å². The number of benzene rings is 1. The van der Waals surface area contributed by atoms with E-state index in [-0.39, 0.29) is 29.2 Å². The molecular weight excluding hydrogens is 509 g/mol. The third kappa shape index (κ3) is 5.55. The molecular formula is C30H52N2O4Si2. The Kier molecular flexibility index (Phi) is 8.12. The number of amides is 1. The second-order valence-electron chi connectivity index (χ2n) is 14.3. The summed E-state index contributed by atoms with van der Waals surface area (Å²) in [6, 6.07) is 4.14. The Hall–Kier alpha value is -1.52. The van der Waals surface area contributed by atoms with Gasteiger partial charge in [0.1, 0.15) is 5.75 Å². The summed E-state index contributed by atoms with van der Waals surface area (Å²) in [6.07, 6.45) is 3.31. The van der Waals surface area contributed by atoms with Crippen LogP contribution >= 0.6 is 0 Å². The molecule has 2 aliphatic heterocycles. The van der Waals surface area contributed by atoms with Gasteiger partial charge in [-0.2, -0.15) is 0 Å². The molecule has 2 atom stereocenters. The van der Waals surface area contributed by atoms with Crippen molar-refractivity contribution in [3.63, 3.8) is 0 Å². The Morgan fingerprint density at radius 1 is 0.947 bits per heavy atom. The van der Waals surface area contributed by atoms with Gasteiger partial charge < -0.3 is 23.8 Å². The Labute approximate surface area is 233 Å². The Morgan fingerprint density at radius 3 is 2.08 bits per heavy atom. The first-order valence-corrected chi connectivity index (χ1v) is 19.9. The third-order valence-corrected chi connectivity index (χ3v) is 20.1. The molecule has 2 heterocycles. The minimum atomic E-state index is -2.19. The first-order chi connectivity index (χ1) is 17.6. The zero-order valence-corrected chi connectivity index (χ0v) is 27.7. The van der Waals surface area contributed by atoms with Crippen molar-refractivity contribution < 1.29 is 18.4 Å². The summed E-state index contributed by atoms with van der Waals surface area (Å²) in [4.78, 5) is 16.0. The molecule has 38 heavy (non-hydrogen) atoms. The van der Waals surface area contributed by atoms with Gasteiger partial charge in [-0.3, -0.25) is 4.79 Å². The zero-order valence-electron chi connectivity index (χ0n) is 25.7. The van der Waals surface area contributed by atoms with E-state index in [1.165, 1.54) is 0 Å². The van der Waals surface area contributed by atoms with Crippen LogP contribution in [0.3, 0.4) is 0 Å². The smallest absolute Gasteiger partial charge is 0.258 e. The van der Waals surface area contributed by atoms with Crippen LogP contribution in [-0.2, 0) is 4.43 Å². The van der Waals surface area contributed by atoms with Crippen molar-refractivity contribution in [1.82, 2.24) is 4.90 Å². The molecule has 1 aromatic rings. The van der Waals surface area contributed by atoms with Gasteiger partial charge in [-0.1, -0.05) is 62.3 Å². The van der Waals surface area contributed by atoms with Gasteiger partial charge in [-0.05, 0) is 60.1 Å². The molecule has 2 fully saturated rings. The maximum atomic E-state index is 14.0. The number of nitrogens with one attached hydrogen (secondary N) is 1. The zero-order chi connectivity index (χ0) is 28.2. The first kappa shape index (κ1) is 29.5. The van der Waals surface area contributed by atoms with Gasteiger partial charge >= 0.3 is 0 Å². The fraction of sp³-hybridized carbons (Fsp3) is 0.767. The first-order valence-electron chi connectivity index (χ1n) is 14.8. The van der Waals surface area contributed by atoms with E-state index >= 15 is 0 Å². The number of nitrogens with zero attached hydrogens (tertiary/aromatic N) is 1. The summed E-state index contributed by atoms with van der Waals surface area (Å²) in [7, 11) is -4.10. The second-order valence-corrected chi connectivity index (χ2v) is 24.4. The molecule has 214 valence electrons. The summed E-state index contributed by atoms with van der Waals surface area (Å²) >= 11 is 0. The van der Waals surface area contributed by atoms with E-state index in [2.05, 4.69) is 86.8 Å². The monoisotopic (exact) mass is 560 g/mol. The molecule has 1 amide bonds. The molecule has 0 radical (unpaired) electrons. The lowest BCUT2D eigenvalue weighted by atomic mass is 10.1. The highest BCUT2D eigenvalue weighted by atomic mass is 28.4. The predicted octanol–water partition coefficient (Wildman–Crippen LogP) is 7.81. The molecule has 8 heteroatoms. The van der Waals surface area contributed by atoms with Crippen LogP contribution < -0.4 is 14.5 Å². The molecule has 3 aliphatic rings. The Morgan fingerprint density at radius 2 is 1.55 bits per heavy atom. The molecule has 1 aromatic carbocycles. The van der Waals surface area contributed by atoms with Crippen molar-refractivity contribution >= 4 is 28.2 Å². The highest BCUT2D eigenvalue weighted by Gasteiger charge is 2.48. The summed E-state index contributed by atoms with van der Waals surface area (Å²) in [6.45, 7) is 26.6. The quantitative estimate of drug-likeness (QED) is 0.312. The van der Waals surface area contributed by atoms with Crippen LogP contribution in [0.1, 0.15) is 91.9 Å². The summed E-state index contributed by atoms with van der Waals surface area (Å²) in [5.41, 5.74) is 2.91. The van der Waals surface area contributed by atoms with Crippen molar-refractivity contribution in [3.8, 4) is 11.5 Å². The van der Waals surface area contributed by atoms with Crippen molar-refractivity contribution in [1.29, 1.82) is 0 Å². The summed E-state index contributed by atoms with van der Waals surface area (Å²) in [5.74, 6) is 1.61. The van der Waals surface area contributed by atoms with Gasteiger partial charge in [0, 0.05) is 19.2 Å². The van der Waals surface area contributed by atoms with E-state index < -0.39 is 16.6 Å². The molecule has 1 saturated carbocycles. The SMILES string of the molecule is CC(C)[Si](Oc1cc2c(cc1OC1CC1)C(=O)N1CC(O[Si](C)(C)C(C)(C)C)CC1CN2)(C(C)C)C(C)C. The standard InChI is InChI=1S/C30H52N2O4Si2/c1-19(2)38(20(3)4,21(5)6)36-28-16-26-25(15-27(28)34-23-12-13-23)29(33)32-18-24(14-22(32)17-31-26)35-37(10,11)30(7,8)9/h15-16,19-24,31H,12-14,17-18H2,1-11H3. The maximum Gasteiger partial charge on any atom is 0.258 e. The second kappa shape index (κ2) is 10.5. The van der Waals surface area contributed by atoms with Gasteiger partial charge in [-0.25, -0.2) is 0 Å². The highest BCUT2D eigenvalue weighted by Crippen LogP contribution is 2.47. The molecule has 0 spiro atoms. The van der Waals surface area contributed by atoms with Crippen LogP contribution in [0.25, 0.3) is 0 Å². The van der Waals surface area contributed by atoms with Gasteiger partial charge in [-0.15, -0.1) is 0 Å². The number of carbonyl (C=O) groups is 1. The number of carbonyl (C=O) groups excluding carboxylic acids is 1. The lowest BCUT2D eigenvalue weighted by Crippen LogP contribution is -2.50. The fourth-order valence-electron chi connectivity index (χ4n) is 6.34. The maximum absolute atomic E-state index is 14.0. The highest BCUT2D eigenvalue weighted by molar-refractivity contribution is 6.78. The number of hydrogen-bond acceptors (Lipinski definition) is 5. The van der Waals surface area contributed by atoms with Crippen molar-refractivity contribution in [3.05, 3.63) is 17.7 Å². The van der Waals surface area contributed by atoms with Crippen LogP contribution in [0.5, 0.6) is 11.5 Å². The molecule has 1 N–H and O–H groups in total. The Bertz CT molecular complexity index is 1010. The van der Waals surface area contributed by atoms with Crippen LogP contribution in [-0.4, -0.2) is 58.8 Å². The fourth-order valence-corrected chi connectivity index (χ4v) is 12.9. The number of fused-ring (bicyclic) bond motifs is 2. The van der Waals surface area contributed by atoms with Gasteiger partial charge in [0.2, 0.25) is 0 Å². The van der Waals surface area contributed by atoms with E-state index in [0.717, 1.165) is 43.0 Å². The van der Waals surface area contributed by atoms with Crippen LogP contribution in [0.2, 0.25) is 34.8 Å². The summed E-state index contributed by atoms with van der Waals surface area (Å²) in [5, 5.41) is 3.77. The molecule has 1 aliphatic carbocycles. The van der Waals surface area contributed by atoms with E-state index in [9.17, 15) is 4.79 Å². The lowest BCUT2D eigenvalue weighted by molar-refractivity contribution is 0.0731. The average Bonchev–Trinajstić information content (AvgIpc) is 3.54. The van der Waals surface area contributed by atoms with Crippen LogP contribution in [0, 0.1) is 0 Å². The van der Waals surface area contributed by atoms with Crippen LogP contribution in [0.4, 0.5) is 5.69 Å². The van der Waals surface area contributed by atoms with E-state index in [0.29, 0.717) is 28.7 Å². The van der Waals surface area contributed by atoms with Crippen molar-refractivity contribution in [2.24, 2.45) is 0 Å². The van der Waals surface area contributed by atoms with E-state index in [1.807, 2.05) is 11.0 Å². The van der Waals surface area contributed by atoms with E-state index in [1.54, 1.807) is 0 Å². The number of anilines is 1. The molecule has 1 saturated heterocycles. The third-order valence-electron chi connectivity index (χ3n) is 9.56. The van der Waals surface area contributed by atoms with Gasteiger partial charge in [0.25, 0.3) is 14.2 Å². The number of rotatable bonds is 9. The average molecular weight is 561 g/mol. The summed E-state index contributed by atoms with van der Waals surface area (Å²) < 4.78 is 20.3. The molecule has 6 nitrogen and oxygen atoms in total. The molecule has 0 aromatic heterocycles. The minimum absolute atomic E-state index is 0.0728. The van der Waals surface area contributed by atoms with E-state index in [4.69, 9.17) is 13.6 Å². The van der Waals surface area contributed by atoms with Crippen molar-refractivity contribution in [2.45, 2.75) is 135 Å².